The molecule has 30 heavy (non-hydrogen) atoms. The minimum absolute atomic E-state index is 0.119. The lowest BCUT2D eigenvalue weighted by molar-refractivity contribution is -0.131. The van der Waals surface area contributed by atoms with E-state index in [4.69, 9.17) is 14.7 Å². The van der Waals surface area contributed by atoms with Crippen LogP contribution in [0.2, 0.25) is 0 Å². The van der Waals surface area contributed by atoms with Gasteiger partial charge in [0.05, 0.1) is 24.8 Å². The molecule has 0 atom stereocenters. The van der Waals surface area contributed by atoms with Crippen molar-refractivity contribution in [1.82, 2.24) is 9.80 Å². The number of carbonyl (C=O) groups is 1. The average molecular weight is 408 g/mol. The van der Waals surface area contributed by atoms with Gasteiger partial charge >= 0.3 is 0 Å². The zero-order valence-electron chi connectivity index (χ0n) is 17.8. The topological polar surface area (TPSA) is 65.8 Å². The first-order chi connectivity index (χ1) is 14.5. The summed E-state index contributed by atoms with van der Waals surface area (Å²) >= 11 is 0. The summed E-state index contributed by atoms with van der Waals surface area (Å²) in [6, 6.07) is 15.5. The molecule has 1 aliphatic rings. The molecule has 1 aliphatic heterocycles. The Balaban J connectivity index is 1.63. The van der Waals surface area contributed by atoms with Crippen molar-refractivity contribution < 1.29 is 14.3 Å². The highest BCUT2D eigenvalue weighted by molar-refractivity contribution is 5.76. The van der Waals surface area contributed by atoms with Crippen molar-refractivity contribution in [1.29, 1.82) is 5.26 Å². The van der Waals surface area contributed by atoms with Gasteiger partial charge in [-0.3, -0.25) is 4.79 Å². The Morgan fingerprint density at radius 3 is 2.40 bits per heavy atom. The number of likely N-dealkylation sites (N-methyl/N-ethyl adjacent to an activating group) is 1. The molecule has 6 nitrogen and oxygen atoms in total. The van der Waals surface area contributed by atoms with E-state index in [1.807, 2.05) is 49.3 Å². The van der Waals surface area contributed by atoms with Crippen LogP contribution < -0.4 is 9.47 Å². The molecule has 2 aromatic carbocycles. The number of benzene rings is 2. The van der Waals surface area contributed by atoms with Crippen LogP contribution in [0.1, 0.15) is 29.5 Å². The molecule has 2 aromatic rings. The lowest BCUT2D eigenvalue weighted by Gasteiger charge is -2.25. The van der Waals surface area contributed by atoms with Crippen LogP contribution in [0.25, 0.3) is 0 Å². The number of aryl methyl sites for hydroxylation is 1. The minimum Gasteiger partial charge on any atom is -0.490 e. The molecule has 0 aromatic heterocycles. The maximum Gasteiger partial charge on any atom is 0.223 e. The summed E-state index contributed by atoms with van der Waals surface area (Å²) in [6.45, 7) is 3.32. The van der Waals surface area contributed by atoms with Crippen LogP contribution in [0.3, 0.4) is 0 Å². The maximum atomic E-state index is 13.0. The Kier molecular flexibility index (Phi) is 7.69. The summed E-state index contributed by atoms with van der Waals surface area (Å²) < 4.78 is 11.4. The standard InChI is InChI=1S/C24H29N3O3/c1-26(2)12-13-27(18-21-6-4-20(17-25)5-7-21)24(28)11-9-19-8-10-22-23(16-19)30-15-3-14-29-22/h4-8,10,16H,3,9,11-15,18H2,1-2H3. The van der Waals surface area contributed by atoms with E-state index in [-0.39, 0.29) is 5.91 Å². The quantitative estimate of drug-likeness (QED) is 0.672. The van der Waals surface area contributed by atoms with Crippen LogP contribution in [-0.4, -0.2) is 56.1 Å². The summed E-state index contributed by atoms with van der Waals surface area (Å²) in [6.07, 6.45) is 1.96. The van der Waals surface area contributed by atoms with Crippen LogP contribution in [-0.2, 0) is 17.8 Å². The molecular weight excluding hydrogens is 378 g/mol. The van der Waals surface area contributed by atoms with Crippen LogP contribution in [0.4, 0.5) is 0 Å². The molecule has 0 saturated heterocycles. The third kappa shape index (κ3) is 6.23. The fourth-order valence-corrected chi connectivity index (χ4v) is 3.29. The van der Waals surface area contributed by atoms with Crippen molar-refractivity contribution in [3.05, 3.63) is 59.2 Å². The number of hydrogen-bond acceptors (Lipinski definition) is 5. The zero-order valence-corrected chi connectivity index (χ0v) is 17.8. The second-order valence-corrected chi connectivity index (χ2v) is 7.76. The van der Waals surface area contributed by atoms with Crippen molar-refractivity contribution in [2.45, 2.75) is 25.8 Å². The highest BCUT2D eigenvalue weighted by Crippen LogP contribution is 2.30. The predicted octanol–water partition coefficient (Wildman–Crippen LogP) is 3.24. The first-order valence-corrected chi connectivity index (χ1v) is 10.4. The van der Waals surface area contributed by atoms with Crippen molar-refractivity contribution in [2.24, 2.45) is 0 Å². The van der Waals surface area contributed by atoms with E-state index in [0.717, 1.165) is 35.6 Å². The van der Waals surface area contributed by atoms with Crippen molar-refractivity contribution >= 4 is 5.91 Å². The van der Waals surface area contributed by atoms with E-state index in [1.165, 1.54) is 0 Å². The smallest absolute Gasteiger partial charge is 0.223 e. The van der Waals surface area contributed by atoms with E-state index in [0.29, 0.717) is 44.7 Å². The van der Waals surface area contributed by atoms with Gasteiger partial charge in [0.15, 0.2) is 11.5 Å². The first kappa shape index (κ1) is 21.7. The van der Waals surface area contributed by atoms with Gasteiger partial charge < -0.3 is 19.3 Å². The van der Waals surface area contributed by atoms with Crippen LogP contribution >= 0.6 is 0 Å². The second-order valence-electron chi connectivity index (χ2n) is 7.76. The van der Waals surface area contributed by atoms with Gasteiger partial charge in [0.2, 0.25) is 5.91 Å². The maximum absolute atomic E-state index is 13.0. The fraction of sp³-hybridized carbons (Fsp3) is 0.417. The van der Waals surface area contributed by atoms with E-state index in [2.05, 4.69) is 11.0 Å². The van der Waals surface area contributed by atoms with E-state index in [1.54, 1.807) is 12.1 Å². The number of ether oxygens (including phenoxy) is 2. The highest BCUT2D eigenvalue weighted by atomic mass is 16.5. The van der Waals surface area contributed by atoms with Gasteiger partial charge in [-0.2, -0.15) is 5.26 Å². The van der Waals surface area contributed by atoms with Crippen molar-refractivity contribution in [2.75, 3.05) is 40.4 Å². The molecule has 1 amide bonds. The average Bonchev–Trinajstić information content (AvgIpc) is 3.00. The van der Waals surface area contributed by atoms with Gasteiger partial charge in [-0.25, -0.2) is 0 Å². The Bertz CT molecular complexity index is 888. The van der Waals surface area contributed by atoms with Crippen molar-refractivity contribution in [3.63, 3.8) is 0 Å². The van der Waals surface area contributed by atoms with Gasteiger partial charge in [0.25, 0.3) is 0 Å². The molecule has 0 saturated carbocycles. The molecule has 0 N–H and O–H groups in total. The number of nitriles is 1. The molecule has 0 spiro atoms. The first-order valence-electron chi connectivity index (χ1n) is 10.4. The van der Waals surface area contributed by atoms with Gasteiger partial charge in [-0.05, 0) is 55.9 Å². The molecule has 0 fully saturated rings. The van der Waals surface area contributed by atoms with Gasteiger partial charge in [0.1, 0.15) is 0 Å². The van der Waals surface area contributed by atoms with Crippen LogP contribution in [0.15, 0.2) is 42.5 Å². The predicted molar refractivity (Wildman–Crippen MR) is 115 cm³/mol. The molecule has 0 aliphatic carbocycles. The summed E-state index contributed by atoms with van der Waals surface area (Å²) in [5.74, 6) is 1.66. The van der Waals surface area contributed by atoms with Gasteiger partial charge in [-0.1, -0.05) is 18.2 Å². The molecule has 0 bridgehead atoms. The third-order valence-corrected chi connectivity index (χ3v) is 5.07. The minimum atomic E-state index is 0.119. The Labute approximate surface area is 178 Å². The summed E-state index contributed by atoms with van der Waals surface area (Å²) in [7, 11) is 4.00. The normalized spacial score (nSPS) is 12.9. The third-order valence-electron chi connectivity index (χ3n) is 5.07. The largest absolute Gasteiger partial charge is 0.490 e. The molecule has 0 radical (unpaired) electrons. The molecule has 1 heterocycles. The monoisotopic (exact) mass is 407 g/mol. The summed E-state index contributed by atoms with van der Waals surface area (Å²) in [5, 5.41) is 8.97. The zero-order chi connectivity index (χ0) is 21.3. The molecule has 0 unspecified atom stereocenters. The Hall–Kier alpha value is -3.04. The lowest BCUT2D eigenvalue weighted by Crippen LogP contribution is -2.36. The molecule has 3 rings (SSSR count). The summed E-state index contributed by atoms with van der Waals surface area (Å²) in [5.41, 5.74) is 2.72. The SMILES string of the molecule is CN(C)CCN(Cc1ccc(C#N)cc1)C(=O)CCc1ccc2c(c1)OCCCO2. The van der Waals surface area contributed by atoms with Crippen molar-refractivity contribution in [3.8, 4) is 17.6 Å². The number of amides is 1. The van der Waals surface area contributed by atoms with E-state index >= 15 is 0 Å². The number of nitrogens with zero attached hydrogens (tertiary/aromatic N) is 3. The number of fused-ring (bicyclic) bond motifs is 1. The van der Waals surface area contributed by atoms with Crippen LogP contribution in [0, 0.1) is 11.3 Å². The Morgan fingerprint density at radius 2 is 1.70 bits per heavy atom. The molecular formula is C24H29N3O3. The van der Waals surface area contributed by atoms with Gasteiger partial charge in [-0.15, -0.1) is 0 Å². The van der Waals surface area contributed by atoms with E-state index < -0.39 is 0 Å². The molecule has 6 heteroatoms. The van der Waals surface area contributed by atoms with Crippen LogP contribution in [0.5, 0.6) is 11.5 Å². The molecule has 158 valence electrons. The lowest BCUT2D eigenvalue weighted by atomic mass is 10.1. The highest BCUT2D eigenvalue weighted by Gasteiger charge is 2.16. The summed E-state index contributed by atoms with van der Waals surface area (Å²) in [4.78, 5) is 17.0. The Morgan fingerprint density at radius 1 is 1.00 bits per heavy atom. The van der Waals surface area contributed by atoms with E-state index in [9.17, 15) is 4.79 Å². The number of carbonyl (C=O) groups excluding carboxylic acids is 1. The second kappa shape index (κ2) is 10.7. The van der Waals surface area contributed by atoms with Gasteiger partial charge in [0, 0.05) is 32.5 Å². The fourth-order valence-electron chi connectivity index (χ4n) is 3.29. The number of hydrogen-bond donors (Lipinski definition) is 0. The number of rotatable bonds is 8.